The minimum atomic E-state index is 0.701. The molecule has 17 heavy (non-hydrogen) atoms. The van der Waals surface area contributed by atoms with E-state index in [4.69, 9.17) is 0 Å². The fourth-order valence-corrected chi connectivity index (χ4v) is 1.92. The third kappa shape index (κ3) is 3.99. The van der Waals surface area contributed by atoms with Crippen LogP contribution >= 0.6 is 0 Å². The van der Waals surface area contributed by atoms with Crippen LogP contribution in [0.4, 0.5) is 5.82 Å². The van der Waals surface area contributed by atoms with Crippen LogP contribution in [0.15, 0.2) is 0 Å². The molecule has 0 unspecified atom stereocenters. The van der Waals surface area contributed by atoms with Gasteiger partial charge in [0.15, 0.2) is 0 Å². The quantitative estimate of drug-likeness (QED) is 0.821. The summed E-state index contributed by atoms with van der Waals surface area (Å²) in [6.45, 7) is 11.7. The highest BCUT2D eigenvalue weighted by Gasteiger charge is 2.09. The molecule has 1 aromatic heterocycles. The molecule has 0 bridgehead atoms. The Balaban J connectivity index is 2.93. The lowest BCUT2D eigenvalue weighted by atomic mass is 10.1. The molecular weight excluding hydrogens is 210 g/mol. The third-order valence-electron chi connectivity index (χ3n) is 2.90. The Hall–Kier alpha value is -1.12. The molecule has 0 amide bonds. The van der Waals surface area contributed by atoms with E-state index in [0.29, 0.717) is 5.92 Å². The lowest BCUT2D eigenvalue weighted by molar-refractivity contribution is 0.573. The average molecular weight is 235 g/mol. The molecule has 1 heterocycles. The molecule has 0 aliphatic carbocycles. The molecule has 0 aromatic carbocycles. The van der Waals surface area contributed by atoms with Crippen molar-refractivity contribution in [3.8, 4) is 0 Å². The van der Waals surface area contributed by atoms with Gasteiger partial charge in [-0.2, -0.15) is 0 Å². The molecule has 0 saturated heterocycles. The van der Waals surface area contributed by atoms with Gasteiger partial charge in [-0.15, -0.1) is 0 Å². The van der Waals surface area contributed by atoms with E-state index < -0.39 is 0 Å². The zero-order valence-electron chi connectivity index (χ0n) is 11.8. The molecule has 1 aromatic rings. The highest BCUT2D eigenvalue weighted by molar-refractivity contribution is 5.46. The van der Waals surface area contributed by atoms with E-state index in [9.17, 15) is 0 Å². The number of nitrogens with zero attached hydrogens (tertiary/aromatic N) is 2. The zero-order valence-corrected chi connectivity index (χ0v) is 11.8. The first-order valence-corrected chi connectivity index (χ1v) is 6.68. The van der Waals surface area contributed by atoms with Gasteiger partial charge in [-0.1, -0.05) is 20.8 Å². The molecular formula is C14H25N3. The highest BCUT2D eigenvalue weighted by Crippen LogP contribution is 2.18. The Kier molecular flexibility index (Phi) is 5.39. The van der Waals surface area contributed by atoms with Crippen molar-refractivity contribution in [3.05, 3.63) is 17.1 Å². The smallest absolute Gasteiger partial charge is 0.133 e. The molecule has 3 heteroatoms. The number of rotatable bonds is 6. The van der Waals surface area contributed by atoms with E-state index in [2.05, 4.69) is 49.9 Å². The van der Waals surface area contributed by atoms with Crippen molar-refractivity contribution in [2.24, 2.45) is 5.92 Å². The minimum absolute atomic E-state index is 0.701. The van der Waals surface area contributed by atoms with Crippen molar-refractivity contribution >= 4 is 5.82 Å². The summed E-state index contributed by atoms with van der Waals surface area (Å²) in [6, 6.07) is 0. The Labute approximate surface area is 105 Å². The Morgan fingerprint density at radius 2 is 1.88 bits per heavy atom. The van der Waals surface area contributed by atoms with Gasteiger partial charge in [0.25, 0.3) is 0 Å². The number of hydrogen-bond acceptors (Lipinski definition) is 3. The summed E-state index contributed by atoms with van der Waals surface area (Å²) in [5.41, 5.74) is 2.37. The molecule has 1 N–H and O–H groups in total. The van der Waals surface area contributed by atoms with Crippen LogP contribution < -0.4 is 5.32 Å². The molecule has 0 saturated carbocycles. The second kappa shape index (κ2) is 6.58. The highest BCUT2D eigenvalue weighted by atomic mass is 15.0. The first kappa shape index (κ1) is 13.9. The Bertz CT molecular complexity index is 359. The van der Waals surface area contributed by atoms with Crippen LogP contribution in [0.3, 0.4) is 0 Å². The van der Waals surface area contributed by atoms with Crippen LogP contribution in [-0.4, -0.2) is 16.5 Å². The van der Waals surface area contributed by atoms with Gasteiger partial charge >= 0.3 is 0 Å². The lowest BCUT2D eigenvalue weighted by Gasteiger charge is -2.13. The molecule has 3 nitrogen and oxygen atoms in total. The van der Waals surface area contributed by atoms with Gasteiger partial charge in [0, 0.05) is 24.2 Å². The maximum Gasteiger partial charge on any atom is 0.133 e. The summed E-state index contributed by atoms with van der Waals surface area (Å²) in [4.78, 5) is 9.25. The van der Waals surface area contributed by atoms with Gasteiger partial charge in [0.2, 0.25) is 0 Å². The Morgan fingerprint density at radius 3 is 2.41 bits per heavy atom. The Morgan fingerprint density at radius 1 is 1.18 bits per heavy atom. The molecule has 0 radical (unpaired) electrons. The number of hydrogen-bond donors (Lipinski definition) is 1. The van der Waals surface area contributed by atoms with Crippen LogP contribution in [0.1, 0.15) is 51.2 Å². The monoisotopic (exact) mass is 235 g/mol. The van der Waals surface area contributed by atoms with Crippen LogP contribution in [0.25, 0.3) is 0 Å². The fraction of sp³-hybridized carbons (Fsp3) is 0.714. The molecule has 0 atom stereocenters. The molecule has 0 aliphatic heterocycles. The minimum Gasteiger partial charge on any atom is -0.370 e. The second-order valence-corrected chi connectivity index (χ2v) is 4.87. The topological polar surface area (TPSA) is 37.8 Å². The number of aromatic nitrogens is 2. The summed E-state index contributed by atoms with van der Waals surface area (Å²) in [7, 11) is 0. The summed E-state index contributed by atoms with van der Waals surface area (Å²) >= 11 is 0. The summed E-state index contributed by atoms with van der Waals surface area (Å²) in [5, 5.41) is 3.34. The fourth-order valence-electron chi connectivity index (χ4n) is 1.92. The largest absolute Gasteiger partial charge is 0.370 e. The third-order valence-corrected chi connectivity index (χ3v) is 2.90. The van der Waals surface area contributed by atoms with Crippen molar-refractivity contribution in [3.63, 3.8) is 0 Å². The second-order valence-electron chi connectivity index (χ2n) is 4.87. The van der Waals surface area contributed by atoms with Gasteiger partial charge in [-0.05, 0) is 32.6 Å². The predicted octanol–water partition coefficient (Wildman–Crippen LogP) is 3.37. The van der Waals surface area contributed by atoms with Crippen LogP contribution in [0, 0.1) is 12.8 Å². The van der Waals surface area contributed by atoms with E-state index >= 15 is 0 Å². The van der Waals surface area contributed by atoms with Crippen molar-refractivity contribution in [1.29, 1.82) is 0 Å². The van der Waals surface area contributed by atoms with E-state index in [0.717, 1.165) is 43.1 Å². The zero-order chi connectivity index (χ0) is 12.8. The first-order valence-electron chi connectivity index (χ1n) is 6.68. The summed E-state index contributed by atoms with van der Waals surface area (Å²) in [5.74, 6) is 2.71. The maximum atomic E-state index is 4.64. The first-order chi connectivity index (χ1) is 8.08. The normalized spacial score (nSPS) is 10.9. The summed E-state index contributed by atoms with van der Waals surface area (Å²) in [6.07, 6.45) is 3.11. The van der Waals surface area contributed by atoms with E-state index in [1.54, 1.807) is 0 Å². The number of aryl methyl sites for hydroxylation is 2. The van der Waals surface area contributed by atoms with E-state index in [-0.39, 0.29) is 0 Å². The number of nitrogens with one attached hydrogen (secondary N) is 1. The van der Waals surface area contributed by atoms with Gasteiger partial charge in [0.05, 0.1) is 0 Å². The maximum absolute atomic E-state index is 4.64. The van der Waals surface area contributed by atoms with Crippen molar-refractivity contribution in [2.75, 3.05) is 11.9 Å². The van der Waals surface area contributed by atoms with E-state index in [1.165, 1.54) is 5.56 Å². The van der Waals surface area contributed by atoms with Gasteiger partial charge < -0.3 is 5.32 Å². The van der Waals surface area contributed by atoms with Crippen molar-refractivity contribution in [1.82, 2.24) is 9.97 Å². The number of anilines is 1. The van der Waals surface area contributed by atoms with Crippen molar-refractivity contribution < 1.29 is 0 Å². The molecule has 1 rings (SSSR count). The van der Waals surface area contributed by atoms with Gasteiger partial charge in [-0.3, -0.25) is 0 Å². The van der Waals surface area contributed by atoms with Crippen LogP contribution in [-0.2, 0) is 12.8 Å². The molecule has 0 aliphatic rings. The lowest BCUT2D eigenvalue weighted by Crippen LogP contribution is -2.10. The molecule has 0 fully saturated rings. The molecule has 96 valence electrons. The van der Waals surface area contributed by atoms with Crippen LogP contribution in [0.5, 0.6) is 0 Å². The summed E-state index contributed by atoms with van der Waals surface area (Å²) < 4.78 is 0. The average Bonchev–Trinajstić information content (AvgIpc) is 2.26. The van der Waals surface area contributed by atoms with Crippen molar-refractivity contribution in [2.45, 2.75) is 53.9 Å². The van der Waals surface area contributed by atoms with E-state index in [1.807, 2.05) is 0 Å². The van der Waals surface area contributed by atoms with Gasteiger partial charge in [-0.25, -0.2) is 9.97 Å². The SMILES string of the molecule is CCNc1nc(CCC(C)C)nc(C)c1CC. The predicted molar refractivity (Wildman–Crippen MR) is 73.5 cm³/mol. The van der Waals surface area contributed by atoms with Gasteiger partial charge in [0.1, 0.15) is 11.6 Å². The standard InChI is InChI=1S/C14H25N3/c1-6-12-11(5)16-13(9-8-10(3)4)17-14(12)15-7-2/h10H,6-9H2,1-5H3,(H,15,16,17). The molecule has 0 spiro atoms. The van der Waals surface area contributed by atoms with Crippen LogP contribution in [0.2, 0.25) is 0 Å².